The molecule has 0 aromatic rings. The first-order chi connectivity index (χ1) is 10.6. The van der Waals surface area contributed by atoms with Crippen molar-refractivity contribution in [2.75, 3.05) is 26.2 Å². The largest absolute Gasteiger partial charge is 0.466 e. The van der Waals surface area contributed by atoms with Crippen molar-refractivity contribution < 1.29 is 19.1 Å². The van der Waals surface area contributed by atoms with Crippen LogP contribution in [0, 0.1) is 11.8 Å². The molecule has 6 nitrogen and oxygen atoms in total. The van der Waals surface area contributed by atoms with Crippen LogP contribution in [0.2, 0.25) is 0 Å². The van der Waals surface area contributed by atoms with E-state index in [1.807, 2.05) is 9.80 Å². The van der Waals surface area contributed by atoms with Crippen molar-refractivity contribution in [2.24, 2.45) is 11.8 Å². The quantitative estimate of drug-likeness (QED) is 0.721. The Morgan fingerprint density at radius 3 is 2.41 bits per heavy atom. The zero-order chi connectivity index (χ0) is 15.7. The van der Waals surface area contributed by atoms with Crippen LogP contribution in [-0.4, -0.2) is 59.9 Å². The van der Waals surface area contributed by atoms with E-state index < -0.39 is 0 Å². The van der Waals surface area contributed by atoms with Crippen LogP contribution in [0.15, 0.2) is 0 Å². The number of ether oxygens (including phenoxy) is 1. The van der Waals surface area contributed by atoms with E-state index in [4.69, 9.17) is 4.74 Å². The minimum atomic E-state index is -0.188. The van der Waals surface area contributed by atoms with Gasteiger partial charge in [0.15, 0.2) is 0 Å². The van der Waals surface area contributed by atoms with E-state index in [2.05, 4.69) is 0 Å². The number of piperidine rings is 1. The number of carbonyl (C=O) groups is 3. The van der Waals surface area contributed by atoms with Gasteiger partial charge in [-0.15, -0.1) is 0 Å². The summed E-state index contributed by atoms with van der Waals surface area (Å²) in [4.78, 5) is 40.0. The molecule has 1 saturated carbocycles. The average molecular weight is 308 g/mol. The molecule has 1 unspecified atom stereocenters. The summed E-state index contributed by atoms with van der Waals surface area (Å²) < 4.78 is 5.04. The van der Waals surface area contributed by atoms with Crippen molar-refractivity contribution in [3.05, 3.63) is 0 Å². The maximum atomic E-state index is 12.6. The van der Waals surface area contributed by atoms with Crippen molar-refractivity contribution in [1.29, 1.82) is 0 Å². The summed E-state index contributed by atoms with van der Waals surface area (Å²) >= 11 is 0. The summed E-state index contributed by atoms with van der Waals surface area (Å²) in [7, 11) is 0. The number of rotatable bonds is 4. The topological polar surface area (TPSA) is 66.9 Å². The molecule has 3 rings (SSSR count). The Balaban J connectivity index is 1.50. The fourth-order valence-electron chi connectivity index (χ4n) is 3.49. The second-order valence-corrected chi connectivity index (χ2v) is 6.53. The Kier molecular flexibility index (Phi) is 4.36. The van der Waals surface area contributed by atoms with Crippen LogP contribution in [0.1, 0.15) is 39.0 Å². The standard InChI is InChI=1S/C16H24N2O4/c1-2-22-16(21)11-5-7-17(8-6-11)15(20)12-9-14(19)18(10-12)13-3-4-13/h11-13H,2-10H2,1H3. The number of nitrogens with zero attached hydrogens (tertiary/aromatic N) is 2. The molecule has 6 heteroatoms. The molecule has 2 aliphatic heterocycles. The molecular weight excluding hydrogens is 284 g/mol. The van der Waals surface area contributed by atoms with Crippen LogP contribution >= 0.6 is 0 Å². The van der Waals surface area contributed by atoms with Crippen LogP contribution in [0.4, 0.5) is 0 Å². The van der Waals surface area contributed by atoms with Gasteiger partial charge in [-0.1, -0.05) is 0 Å². The zero-order valence-electron chi connectivity index (χ0n) is 13.1. The SMILES string of the molecule is CCOC(=O)C1CCN(C(=O)C2CC(=O)N(C3CC3)C2)CC1. The molecule has 1 aliphatic carbocycles. The van der Waals surface area contributed by atoms with Crippen molar-refractivity contribution in [3.63, 3.8) is 0 Å². The van der Waals surface area contributed by atoms with Crippen molar-refractivity contribution in [3.8, 4) is 0 Å². The highest BCUT2D eigenvalue weighted by Gasteiger charge is 2.43. The lowest BCUT2D eigenvalue weighted by molar-refractivity contribution is -0.151. The van der Waals surface area contributed by atoms with E-state index in [9.17, 15) is 14.4 Å². The molecule has 0 radical (unpaired) electrons. The predicted molar refractivity (Wildman–Crippen MR) is 78.8 cm³/mol. The number of carbonyl (C=O) groups excluding carboxylic acids is 3. The maximum Gasteiger partial charge on any atom is 0.309 e. The lowest BCUT2D eigenvalue weighted by Gasteiger charge is -2.32. The number of amides is 2. The molecule has 122 valence electrons. The Morgan fingerprint density at radius 2 is 1.82 bits per heavy atom. The highest BCUT2D eigenvalue weighted by atomic mass is 16.5. The monoisotopic (exact) mass is 308 g/mol. The molecule has 0 spiro atoms. The number of hydrogen-bond donors (Lipinski definition) is 0. The van der Waals surface area contributed by atoms with Gasteiger partial charge in [0.25, 0.3) is 0 Å². The fourth-order valence-corrected chi connectivity index (χ4v) is 3.49. The van der Waals surface area contributed by atoms with Gasteiger partial charge in [0, 0.05) is 32.1 Å². The third-order valence-electron chi connectivity index (χ3n) is 4.92. The first-order valence-electron chi connectivity index (χ1n) is 8.35. The van der Waals surface area contributed by atoms with Gasteiger partial charge in [-0.25, -0.2) is 0 Å². The first-order valence-corrected chi connectivity index (χ1v) is 8.35. The van der Waals surface area contributed by atoms with Gasteiger partial charge < -0.3 is 14.5 Å². The molecule has 2 saturated heterocycles. The molecule has 0 N–H and O–H groups in total. The highest BCUT2D eigenvalue weighted by molar-refractivity contribution is 5.89. The minimum Gasteiger partial charge on any atom is -0.466 e. The Morgan fingerprint density at radius 1 is 1.14 bits per heavy atom. The van der Waals surface area contributed by atoms with Gasteiger partial charge in [0.05, 0.1) is 18.4 Å². The molecule has 0 aromatic heterocycles. The van der Waals surface area contributed by atoms with E-state index >= 15 is 0 Å². The Labute approximate surface area is 130 Å². The van der Waals surface area contributed by atoms with Gasteiger partial charge in [0.2, 0.25) is 11.8 Å². The molecule has 1 atom stereocenters. The predicted octanol–water partition coefficient (Wildman–Crippen LogP) is 0.799. The van der Waals surface area contributed by atoms with Gasteiger partial charge >= 0.3 is 5.97 Å². The highest BCUT2D eigenvalue weighted by Crippen LogP contribution is 2.33. The molecule has 2 heterocycles. The maximum absolute atomic E-state index is 12.6. The van der Waals surface area contributed by atoms with Crippen molar-refractivity contribution >= 4 is 17.8 Å². The summed E-state index contributed by atoms with van der Waals surface area (Å²) in [5.74, 6) is -0.212. The van der Waals surface area contributed by atoms with Crippen LogP contribution < -0.4 is 0 Å². The van der Waals surface area contributed by atoms with Crippen LogP contribution in [0.5, 0.6) is 0 Å². The molecule has 0 aromatic carbocycles. The van der Waals surface area contributed by atoms with Gasteiger partial charge in [-0.3, -0.25) is 14.4 Å². The third-order valence-corrected chi connectivity index (χ3v) is 4.92. The van der Waals surface area contributed by atoms with E-state index in [0.29, 0.717) is 51.5 Å². The summed E-state index contributed by atoms with van der Waals surface area (Å²) in [6.07, 6.45) is 3.84. The van der Waals surface area contributed by atoms with Gasteiger partial charge in [-0.05, 0) is 32.6 Å². The molecular formula is C16H24N2O4. The first kappa shape index (κ1) is 15.3. The average Bonchev–Trinajstić information content (AvgIpc) is 3.29. The molecule has 3 fully saturated rings. The van der Waals surface area contributed by atoms with E-state index in [-0.39, 0.29) is 29.6 Å². The van der Waals surface area contributed by atoms with Crippen molar-refractivity contribution in [1.82, 2.24) is 9.80 Å². The van der Waals surface area contributed by atoms with Gasteiger partial charge in [0.1, 0.15) is 0 Å². The van der Waals surface area contributed by atoms with Gasteiger partial charge in [-0.2, -0.15) is 0 Å². The lowest BCUT2D eigenvalue weighted by Crippen LogP contribution is -2.44. The summed E-state index contributed by atoms with van der Waals surface area (Å²) in [5.41, 5.74) is 0. The zero-order valence-corrected chi connectivity index (χ0v) is 13.1. The van der Waals surface area contributed by atoms with E-state index in [1.54, 1.807) is 6.92 Å². The summed E-state index contributed by atoms with van der Waals surface area (Å²) in [6.45, 7) is 3.98. The van der Waals surface area contributed by atoms with Crippen LogP contribution in [0.25, 0.3) is 0 Å². The second-order valence-electron chi connectivity index (χ2n) is 6.53. The van der Waals surface area contributed by atoms with Crippen LogP contribution in [0.3, 0.4) is 0 Å². The summed E-state index contributed by atoms with van der Waals surface area (Å²) in [6, 6.07) is 0.389. The molecule has 3 aliphatic rings. The molecule has 22 heavy (non-hydrogen) atoms. The Bertz CT molecular complexity index is 467. The number of likely N-dealkylation sites (tertiary alicyclic amines) is 2. The second kappa shape index (κ2) is 6.26. The number of esters is 1. The third kappa shape index (κ3) is 3.10. The fraction of sp³-hybridized carbons (Fsp3) is 0.812. The summed E-state index contributed by atoms with van der Waals surface area (Å²) in [5, 5.41) is 0. The normalized spacial score (nSPS) is 26.4. The molecule has 2 amide bonds. The molecule has 0 bridgehead atoms. The smallest absolute Gasteiger partial charge is 0.309 e. The van der Waals surface area contributed by atoms with E-state index in [1.165, 1.54) is 0 Å². The Hall–Kier alpha value is -1.59. The minimum absolute atomic E-state index is 0.0822. The lowest BCUT2D eigenvalue weighted by atomic mass is 9.95. The number of hydrogen-bond acceptors (Lipinski definition) is 4. The van der Waals surface area contributed by atoms with Crippen molar-refractivity contribution in [2.45, 2.75) is 45.1 Å². The van der Waals surface area contributed by atoms with E-state index in [0.717, 1.165) is 12.8 Å². The van der Waals surface area contributed by atoms with Crippen LogP contribution in [-0.2, 0) is 19.1 Å².